The largest absolute Gasteiger partial charge is 0.493 e. The molecule has 9 nitrogen and oxygen atoms in total. The van der Waals surface area contributed by atoms with Crippen LogP contribution in [0.1, 0.15) is 15.9 Å². The SMILES string of the molecule is COc1cc(C=C2C(=O)c3ccccc3N2S(C)(=O)=O)ccc1OCC(=O)N1CCOCC1. The molecule has 0 N–H and O–H groups in total. The Kier molecular flexibility index (Phi) is 6.39. The second-order valence-electron chi connectivity index (χ2n) is 7.60. The molecular formula is C23H24N2O7S. The Labute approximate surface area is 192 Å². The second-order valence-corrected chi connectivity index (χ2v) is 9.43. The highest BCUT2D eigenvalue weighted by atomic mass is 32.2. The lowest BCUT2D eigenvalue weighted by atomic mass is 10.1. The van der Waals surface area contributed by atoms with E-state index in [9.17, 15) is 18.0 Å². The standard InChI is InChI=1S/C23H24N2O7S/c1-30-21-14-16(7-8-20(21)32-15-22(26)24-9-11-31-12-10-24)13-19-23(27)17-5-3-4-6-18(17)25(19)33(2,28)29/h3-8,13-14H,9-12,15H2,1-2H3. The minimum Gasteiger partial charge on any atom is -0.493 e. The molecule has 0 radical (unpaired) electrons. The Hall–Kier alpha value is -3.37. The number of nitrogens with zero attached hydrogens (tertiary/aromatic N) is 2. The summed E-state index contributed by atoms with van der Waals surface area (Å²) in [6, 6.07) is 11.5. The topological polar surface area (TPSA) is 102 Å². The van der Waals surface area contributed by atoms with E-state index in [0.717, 1.165) is 10.6 Å². The van der Waals surface area contributed by atoms with Gasteiger partial charge in [-0.05, 0) is 35.9 Å². The maximum atomic E-state index is 12.9. The molecule has 0 saturated carbocycles. The average molecular weight is 473 g/mol. The Morgan fingerprint density at radius 1 is 1.12 bits per heavy atom. The van der Waals surface area contributed by atoms with Crippen LogP contribution in [0.4, 0.5) is 5.69 Å². The summed E-state index contributed by atoms with van der Waals surface area (Å²) in [5.74, 6) is 0.186. The number of fused-ring (bicyclic) bond motifs is 1. The van der Waals surface area contributed by atoms with Crippen molar-refractivity contribution < 1.29 is 32.2 Å². The molecule has 0 aliphatic carbocycles. The summed E-state index contributed by atoms with van der Waals surface area (Å²) >= 11 is 0. The van der Waals surface area contributed by atoms with Gasteiger partial charge in [0.25, 0.3) is 5.91 Å². The van der Waals surface area contributed by atoms with Gasteiger partial charge in [0, 0.05) is 18.7 Å². The predicted octanol–water partition coefficient (Wildman–Crippen LogP) is 1.94. The van der Waals surface area contributed by atoms with E-state index in [-0.39, 0.29) is 24.0 Å². The van der Waals surface area contributed by atoms with Crippen molar-refractivity contribution >= 4 is 33.5 Å². The monoisotopic (exact) mass is 472 g/mol. The number of anilines is 1. The fraction of sp³-hybridized carbons (Fsp3) is 0.304. The third kappa shape index (κ3) is 4.71. The molecule has 1 saturated heterocycles. The van der Waals surface area contributed by atoms with Crippen LogP contribution in [-0.2, 0) is 19.6 Å². The first kappa shape index (κ1) is 22.8. The molecule has 0 unspecified atom stereocenters. The zero-order valence-corrected chi connectivity index (χ0v) is 19.1. The molecule has 174 valence electrons. The van der Waals surface area contributed by atoms with Gasteiger partial charge in [0.15, 0.2) is 18.1 Å². The molecule has 0 bridgehead atoms. The number of ether oxygens (including phenoxy) is 3. The maximum Gasteiger partial charge on any atom is 0.260 e. The van der Waals surface area contributed by atoms with E-state index in [2.05, 4.69) is 0 Å². The van der Waals surface area contributed by atoms with Gasteiger partial charge in [-0.2, -0.15) is 0 Å². The van der Waals surface area contributed by atoms with Gasteiger partial charge >= 0.3 is 0 Å². The van der Waals surface area contributed by atoms with Crippen LogP contribution < -0.4 is 13.8 Å². The van der Waals surface area contributed by atoms with Crippen molar-refractivity contribution in [1.82, 2.24) is 4.90 Å². The van der Waals surface area contributed by atoms with Crippen LogP contribution in [0.5, 0.6) is 11.5 Å². The number of hydrogen-bond donors (Lipinski definition) is 0. The van der Waals surface area contributed by atoms with Crippen LogP contribution >= 0.6 is 0 Å². The van der Waals surface area contributed by atoms with Crippen molar-refractivity contribution in [2.45, 2.75) is 0 Å². The normalized spacial score (nSPS) is 17.3. The third-order valence-electron chi connectivity index (χ3n) is 5.36. The maximum absolute atomic E-state index is 12.9. The van der Waals surface area contributed by atoms with E-state index in [4.69, 9.17) is 14.2 Å². The van der Waals surface area contributed by atoms with Gasteiger partial charge in [-0.25, -0.2) is 12.7 Å². The number of Topliss-reactive ketones (excluding diaryl/α,β-unsaturated/α-hetero) is 1. The number of carbonyl (C=O) groups excluding carboxylic acids is 2. The number of morpholine rings is 1. The Morgan fingerprint density at radius 3 is 2.55 bits per heavy atom. The van der Waals surface area contributed by atoms with Crippen LogP contribution in [-0.4, -0.2) is 71.3 Å². The minimum atomic E-state index is -3.73. The van der Waals surface area contributed by atoms with Gasteiger partial charge in [0.05, 0.1) is 32.3 Å². The third-order valence-corrected chi connectivity index (χ3v) is 6.41. The van der Waals surface area contributed by atoms with E-state index in [1.54, 1.807) is 47.4 Å². The lowest BCUT2D eigenvalue weighted by Crippen LogP contribution is -2.43. The zero-order valence-electron chi connectivity index (χ0n) is 18.3. The quantitative estimate of drug-likeness (QED) is 0.592. The summed E-state index contributed by atoms with van der Waals surface area (Å²) in [5, 5.41) is 0. The van der Waals surface area contributed by atoms with Crippen LogP contribution in [0.3, 0.4) is 0 Å². The van der Waals surface area contributed by atoms with E-state index >= 15 is 0 Å². The van der Waals surface area contributed by atoms with Crippen LogP contribution in [0.25, 0.3) is 6.08 Å². The summed E-state index contributed by atoms with van der Waals surface area (Å²) in [4.78, 5) is 26.9. The predicted molar refractivity (Wildman–Crippen MR) is 122 cm³/mol. The summed E-state index contributed by atoms with van der Waals surface area (Å²) in [7, 11) is -2.27. The molecule has 1 amide bonds. The average Bonchev–Trinajstić information content (AvgIpc) is 3.10. The summed E-state index contributed by atoms with van der Waals surface area (Å²) < 4.78 is 42.2. The Bertz CT molecular complexity index is 1220. The molecule has 0 atom stereocenters. The number of carbonyl (C=O) groups is 2. The first-order valence-corrected chi connectivity index (χ1v) is 12.2. The van der Waals surface area contributed by atoms with Gasteiger partial charge in [0.1, 0.15) is 5.70 Å². The molecule has 2 aromatic rings. The summed E-state index contributed by atoms with van der Waals surface area (Å²) in [5.41, 5.74) is 1.22. The van der Waals surface area contributed by atoms with Crippen molar-refractivity contribution in [3.8, 4) is 11.5 Å². The number of methoxy groups -OCH3 is 1. The van der Waals surface area contributed by atoms with Gasteiger partial charge in [-0.15, -0.1) is 0 Å². The van der Waals surface area contributed by atoms with Gasteiger partial charge in [-0.3, -0.25) is 9.59 Å². The smallest absolute Gasteiger partial charge is 0.260 e. The van der Waals surface area contributed by atoms with Gasteiger partial charge in [0.2, 0.25) is 15.8 Å². The highest BCUT2D eigenvalue weighted by molar-refractivity contribution is 7.92. The molecule has 2 aliphatic heterocycles. The second kappa shape index (κ2) is 9.24. The molecule has 4 rings (SSSR count). The number of benzene rings is 2. The lowest BCUT2D eigenvalue weighted by molar-refractivity contribution is -0.137. The van der Waals surface area contributed by atoms with Gasteiger partial charge < -0.3 is 19.1 Å². The minimum absolute atomic E-state index is 0.0249. The van der Waals surface area contributed by atoms with Crippen molar-refractivity contribution in [3.05, 3.63) is 59.3 Å². The molecule has 2 heterocycles. The molecule has 1 fully saturated rings. The van der Waals surface area contributed by atoms with Crippen molar-refractivity contribution in [2.75, 3.05) is 50.6 Å². The molecule has 0 aromatic heterocycles. The molecule has 10 heteroatoms. The first-order chi connectivity index (χ1) is 15.8. The summed E-state index contributed by atoms with van der Waals surface area (Å²) in [6.45, 7) is 1.92. The number of allylic oxidation sites excluding steroid dienone is 1. The van der Waals surface area contributed by atoms with Gasteiger partial charge in [-0.1, -0.05) is 18.2 Å². The molecule has 2 aromatic carbocycles. The van der Waals surface area contributed by atoms with E-state index in [1.165, 1.54) is 13.2 Å². The van der Waals surface area contributed by atoms with Crippen LogP contribution in [0, 0.1) is 0 Å². The van der Waals surface area contributed by atoms with Crippen molar-refractivity contribution in [2.24, 2.45) is 0 Å². The number of para-hydroxylation sites is 1. The fourth-order valence-electron chi connectivity index (χ4n) is 3.78. The molecular weight excluding hydrogens is 448 g/mol. The van der Waals surface area contributed by atoms with E-state index < -0.39 is 10.0 Å². The van der Waals surface area contributed by atoms with E-state index in [0.29, 0.717) is 54.6 Å². The molecule has 33 heavy (non-hydrogen) atoms. The summed E-state index contributed by atoms with van der Waals surface area (Å²) in [6.07, 6.45) is 2.55. The number of hydrogen-bond acceptors (Lipinski definition) is 7. The lowest BCUT2D eigenvalue weighted by Gasteiger charge is -2.26. The Morgan fingerprint density at radius 2 is 1.85 bits per heavy atom. The van der Waals surface area contributed by atoms with Crippen LogP contribution in [0.15, 0.2) is 48.2 Å². The number of sulfonamides is 1. The Balaban J connectivity index is 1.58. The highest BCUT2D eigenvalue weighted by Gasteiger charge is 2.37. The highest BCUT2D eigenvalue weighted by Crippen LogP contribution is 2.38. The fourth-order valence-corrected chi connectivity index (χ4v) is 4.79. The van der Waals surface area contributed by atoms with E-state index in [1.807, 2.05) is 0 Å². The number of amides is 1. The molecule has 2 aliphatic rings. The first-order valence-electron chi connectivity index (χ1n) is 10.3. The van der Waals surface area contributed by atoms with Crippen molar-refractivity contribution in [1.29, 1.82) is 0 Å². The number of rotatable bonds is 6. The number of ketones is 1. The zero-order chi connectivity index (χ0) is 23.6. The molecule has 0 spiro atoms. The van der Waals surface area contributed by atoms with Crippen molar-refractivity contribution in [3.63, 3.8) is 0 Å². The van der Waals surface area contributed by atoms with Crippen LogP contribution in [0.2, 0.25) is 0 Å².